The van der Waals surface area contributed by atoms with Crippen molar-refractivity contribution in [3.8, 4) is 6.07 Å². The molecule has 1 unspecified atom stereocenters. The SMILES string of the molecule is N#CC1=C(N)N(c2nnc(SCC(=O)Nc3ccccc3C(N)=O)s2)C2=C(C(=O)CCC2)C1c1ccco1. The van der Waals surface area contributed by atoms with Gasteiger partial charge in [-0.1, -0.05) is 35.2 Å². The zero-order chi connectivity index (χ0) is 26.8. The summed E-state index contributed by atoms with van der Waals surface area (Å²) in [5, 5.41) is 21.5. The number of hydrogen-bond donors (Lipinski definition) is 3. The lowest BCUT2D eigenvalue weighted by Crippen LogP contribution is -2.38. The van der Waals surface area contributed by atoms with Crippen LogP contribution in [-0.4, -0.2) is 33.5 Å². The van der Waals surface area contributed by atoms with Crippen molar-refractivity contribution in [1.29, 1.82) is 5.26 Å². The summed E-state index contributed by atoms with van der Waals surface area (Å²) in [6.45, 7) is 0. The number of aromatic nitrogens is 2. The molecular formula is C25H21N7O4S2. The van der Waals surface area contributed by atoms with Gasteiger partial charge in [0.05, 0.1) is 40.8 Å². The number of nitrogens with zero attached hydrogens (tertiary/aromatic N) is 4. The molecule has 5 rings (SSSR count). The third-order valence-electron chi connectivity index (χ3n) is 6.12. The lowest BCUT2D eigenvalue weighted by Gasteiger charge is -2.37. The topological polar surface area (TPSA) is 181 Å². The molecule has 2 amide bonds. The molecule has 0 fully saturated rings. The van der Waals surface area contributed by atoms with E-state index in [9.17, 15) is 19.6 Å². The standard InChI is InChI=1S/C25H21N7O4S2/c26-11-14-20(18-9-4-10-36-18)21-16(7-3-8-17(21)33)32(22(14)27)24-30-31-25(38-24)37-12-19(34)29-15-6-2-1-5-13(15)23(28)35/h1-2,4-6,9-10,20H,3,7-8,12,27H2,(H2,28,35)(H,29,34). The smallest absolute Gasteiger partial charge is 0.250 e. The number of thioether (sulfide) groups is 1. The maximum absolute atomic E-state index is 13.1. The predicted octanol–water partition coefficient (Wildman–Crippen LogP) is 3.27. The summed E-state index contributed by atoms with van der Waals surface area (Å²) >= 11 is 2.34. The fraction of sp³-hybridized carbons (Fsp3) is 0.200. The van der Waals surface area contributed by atoms with E-state index in [1.165, 1.54) is 23.7 Å². The Morgan fingerprint density at radius 1 is 1.24 bits per heavy atom. The van der Waals surface area contributed by atoms with Gasteiger partial charge in [0.25, 0.3) is 5.91 Å². The number of primary amides is 1. The molecule has 0 saturated carbocycles. The van der Waals surface area contributed by atoms with E-state index in [0.717, 1.165) is 11.8 Å². The number of Topliss-reactive ketones (excluding diaryl/α,β-unsaturated/α-hetero) is 1. The highest BCUT2D eigenvalue weighted by Crippen LogP contribution is 2.47. The number of hydrogen-bond acceptors (Lipinski definition) is 11. The Balaban J connectivity index is 1.39. The second kappa shape index (κ2) is 10.5. The summed E-state index contributed by atoms with van der Waals surface area (Å²) in [6.07, 6.45) is 3.08. The molecule has 1 aliphatic carbocycles. The number of anilines is 2. The van der Waals surface area contributed by atoms with Crippen molar-refractivity contribution in [2.24, 2.45) is 11.5 Å². The van der Waals surface area contributed by atoms with Gasteiger partial charge >= 0.3 is 0 Å². The number of nitrogens with two attached hydrogens (primary N) is 2. The van der Waals surface area contributed by atoms with E-state index < -0.39 is 11.8 Å². The number of allylic oxidation sites excluding steroid dienone is 3. The summed E-state index contributed by atoms with van der Waals surface area (Å²) in [5.41, 5.74) is 13.8. The van der Waals surface area contributed by atoms with E-state index in [-0.39, 0.29) is 34.4 Å². The molecule has 0 bridgehead atoms. The first-order valence-electron chi connectivity index (χ1n) is 11.5. The largest absolute Gasteiger partial charge is 0.468 e. The van der Waals surface area contributed by atoms with Crippen LogP contribution in [0.2, 0.25) is 0 Å². The highest BCUT2D eigenvalue weighted by Gasteiger charge is 2.42. The Kier molecular flexibility index (Phi) is 6.99. The van der Waals surface area contributed by atoms with Crippen LogP contribution < -0.4 is 21.7 Å². The van der Waals surface area contributed by atoms with Crippen LogP contribution >= 0.6 is 23.1 Å². The summed E-state index contributed by atoms with van der Waals surface area (Å²) < 4.78 is 6.06. The Labute approximate surface area is 225 Å². The maximum Gasteiger partial charge on any atom is 0.250 e. The number of ketones is 1. The predicted molar refractivity (Wildman–Crippen MR) is 141 cm³/mol. The van der Waals surface area contributed by atoms with E-state index in [1.807, 2.05) is 0 Å². The molecule has 2 aromatic heterocycles. The number of furan rings is 1. The van der Waals surface area contributed by atoms with Crippen LogP contribution in [0.4, 0.5) is 10.8 Å². The van der Waals surface area contributed by atoms with E-state index in [4.69, 9.17) is 15.9 Å². The van der Waals surface area contributed by atoms with Crippen molar-refractivity contribution in [3.63, 3.8) is 0 Å². The van der Waals surface area contributed by atoms with Crippen molar-refractivity contribution in [1.82, 2.24) is 10.2 Å². The average Bonchev–Trinajstić information content (AvgIpc) is 3.60. The normalized spacial score (nSPS) is 17.3. The van der Waals surface area contributed by atoms with Gasteiger partial charge in [0.1, 0.15) is 11.6 Å². The second-order valence-electron chi connectivity index (χ2n) is 8.43. The third-order valence-corrected chi connectivity index (χ3v) is 8.16. The Hall–Kier alpha value is -4.41. The number of carbonyl (C=O) groups excluding carboxylic acids is 3. The molecule has 0 saturated heterocycles. The minimum absolute atomic E-state index is 0.00347. The number of benzene rings is 1. The van der Waals surface area contributed by atoms with Crippen molar-refractivity contribution < 1.29 is 18.8 Å². The van der Waals surface area contributed by atoms with Crippen LogP contribution in [0.5, 0.6) is 0 Å². The molecule has 5 N–H and O–H groups in total. The van der Waals surface area contributed by atoms with Gasteiger partial charge in [-0.05, 0) is 37.1 Å². The monoisotopic (exact) mass is 547 g/mol. The minimum Gasteiger partial charge on any atom is -0.468 e. The first kappa shape index (κ1) is 25.2. The van der Waals surface area contributed by atoms with Crippen molar-refractivity contribution in [2.75, 3.05) is 16.0 Å². The molecule has 0 spiro atoms. The van der Waals surface area contributed by atoms with E-state index in [0.29, 0.717) is 51.5 Å². The van der Waals surface area contributed by atoms with Gasteiger partial charge in [0.2, 0.25) is 11.0 Å². The van der Waals surface area contributed by atoms with Gasteiger partial charge in [0.15, 0.2) is 10.1 Å². The molecule has 2 aliphatic rings. The number of amides is 2. The lowest BCUT2D eigenvalue weighted by atomic mass is 9.78. The zero-order valence-corrected chi connectivity index (χ0v) is 21.5. The molecule has 1 aliphatic heterocycles. The van der Waals surface area contributed by atoms with Crippen molar-refractivity contribution in [2.45, 2.75) is 29.5 Å². The summed E-state index contributed by atoms with van der Waals surface area (Å²) in [6, 6.07) is 12.1. The van der Waals surface area contributed by atoms with Gasteiger partial charge < -0.3 is 21.2 Å². The van der Waals surface area contributed by atoms with Gasteiger partial charge in [0, 0.05) is 17.7 Å². The van der Waals surface area contributed by atoms with E-state index >= 15 is 0 Å². The third kappa shape index (κ3) is 4.67. The molecule has 1 aromatic carbocycles. The van der Waals surface area contributed by atoms with Crippen LogP contribution in [0, 0.1) is 11.3 Å². The molecular weight excluding hydrogens is 526 g/mol. The van der Waals surface area contributed by atoms with Crippen molar-refractivity contribution >= 4 is 51.5 Å². The molecule has 192 valence electrons. The molecule has 3 heterocycles. The number of carbonyl (C=O) groups is 3. The van der Waals surface area contributed by atoms with Crippen molar-refractivity contribution in [3.05, 3.63) is 76.6 Å². The number of rotatable bonds is 7. The number of nitrogens with one attached hydrogen (secondary N) is 1. The Morgan fingerprint density at radius 3 is 2.79 bits per heavy atom. The zero-order valence-electron chi connectivity index (χ0n) is 19.8. The van der Waals surface area contributed by atoms with Crippen LogP contribution in [0.1, 0.15) is 41.3 Å². The molecule has 3 aromatic rings. The fourth-order valence-corrected chi connectivity index (χ4v) is 6.20. The Bertz CT molecular complexity index is 1530. The highest BCUT2D eigenvalue weighted by molar-refractivity contribution is 8.01. The molecule has 11 nitrogen and oxygen atoms in total. The molecule has 1 atom stereocenters. The van der Waals surface area contributed by atoms with Gasteiger partial charge in [-0.15, -0.1) is 10.2 Å². The number of nitriles is 1. The lowest BCUT2D eigenvalue weighted by molar-refractivity contribution is -0.116. The first-order valence-corrected chi connectivity index (χ1v) is 13.3. The summed E-state index contributed by atoms with van der Waals surface area (Å²) in [5.74, 6) is -1.10. The molecule has 0 radical (unpaired) electrons. The first-order chi connectivity index (χ1) is 18.4. The Morgan fingerprint density at radius 2 is 2.05 bits per heavy atom. The van der Waals surface area contributed by atoms with E-state index in [1.54, 1.807) is 35.2 Å². The van der Waals surface area contributed by atoms with E-state index in [2.05, 4.69) is 21.6 Å². The summed E-state index contributed by atoms with van der Waals surface area (Å²) in [7, 11) is 0. The highest BCUT2D eigenvalue weighted by atomic mass is 32.2. The second-order valence-corrected chi connectivity index (χ2v) is 10.6. The van der Waals surface area contributed by atoms with Crippen LogP contribution in [0.25, 0.3) is 0 Å². The maximum atomic E-state index is 13.1. The molecule has 13 heteroatoms. The molecule has 38 heavy (non-hydrogen) atoms. The number of para-hydroxylation sites is 1. The van der Waals surface area contributed by atoms with Crippen LogP contribution in [0.15, 0.2) is 74.1 Å². The summed E-state index contributed by atoms with van der Waals surface area (Å²) in [4.78, 5) is 38.8. The van der Waals surface area contributed by atoms with Gasteiger partial charge in [-0.3, -0.25) is 19.3 Å². The fourth-order valence-electron chi connectivity index (χ4n) is 4.52. The van der Waals surface area contributed by atoms with Crippen LogP contribution in [0.3, 0.4) is 0 Å². The quantitative estimate of drug-likeness (QED) is 0.371. The average molecular weight is 548 g/mol. The van der Waals surface area contributed by atoms with Crippen LogP contribution in [-0.2, 0) is 9.59 Å². The minimum atomic E-state index is -0.678. The van der Waals surface area contributed by atoms with Gasteiger partial charge in [-0.25, -0.2) is 0 Å². The van der Waals surface area contributed by atoms with Gasteiger partial charge in [-0.2, -0.15) is 5.26 Å².